The Hall–Kier alpha value is -2.94. The van der Waals surface area contributed by atoms with Crippen LogP contribution >= 0.6 is 11.3 Å². The molecule has 136 valence electrons. The molecule has 3 heterocycles. The monoisotopic (exact) mass is 374 g/mol. The number of carbonyl (C=O) groups is 2. The molecule has 0 radical (unpaired) electrons. The molecule has 2 N–H and O–H groups in total. The molecule has 0 bridgehead atoms. The van der Waals surface area contributed by atoms with Crippen LogP contribution in [0.4, 0.5) is 0 Å². The minimum Gasteiger partial charge on any atom is -0.469 e. The molecule has 8 nitrogen and oxygen atoms in total. The highest BCUT2D eigenvalue weighted by Gasteiger charge is 2.14. The average Bonchev–Trinajstić information content (AvgIpc) is 3.16. The van der Waals surface area contributed by atoms with Crippen molar-refractivity contribution in [3.05, 3.63) is 50.8 Å². The molecule has 3 aromatic rings. The third-order valence-electron chi connectivity index (χ3n) is 4.15. The number of hydrogen-bond acceptors (Lipinski definition) is 6. The number of nitrogens with zero attached hydrogens (tertiary/aromatic N) is 2. The molecule has 0 saturated carbocycles. The lowest BCUT2D eigenvalue weighted by Gasteiger charge is -2.08. The van der Waals surface area contributed by atoms with Crippen molar-refractivity contribution in [3.8, 4) is 0 Å². The van der Waals surface area contributed by atoms with E-state index in [-0.39, 0.29) is 18.5 Å². The van der Waals surface area contributed by atoms with Crippen LogP contribution in [-0.4, -0.2) is 21.4 Å². The number of thiophene rings is 1. The van der Waals surface area contributed by atoms with Crippen LogP contribution in [0, 0.1) is 20.8 Å². The molecule has 9 heteroatoms. The molecule has 26 heavy (non-hydrogen) atoms. The van der Waals surface area contributed by atoms with Crippen LogP contribution in [0.2, 0.25) is 0 Å². The van der Waals surface area contributed by atoms with Gasteiger partial charge in [0.2, 0.25) is 5.91 Å². The van der Waals surface area contributed by atoms with Crippen molar-refractivity contribution in [3.63, 3.8) is 0 Å². The van der Waals surface area contributed by atoms with E-state index < -0.39 is 11.8 Å². The molecule has 3 rings (SSSR count). The van der Waals surface area contributed by atoms with E-state index in [1.54, 1.807) is 6.92 Å². The van der Waals surface area contributed by atoms with E-state index in [4.69, 9.17) is 4.42 Å². The fourth-order valence-corrected chi connectivity index (χ4v) is 3.52. The summed E-state index contributed by atoms with van der Waals surface area (Å²) in [6.45, 7) is 5.66. The van der Waals surface area contributed by atoms with Gasteiger partial charge in [-0.25, -0.2) is 4.98 Å². The van der Waals surface area contributed by atoms with Crippen molar-refractivity contribution < 1.29 is 14.0 Å². The Balaban J connectivity index is 1.61. The molecule has 0 saturated heterocycles. The SMILES string of the molecule is Cc1occc1C(=O)NNC(=O)CCn1cnc2sc(C)c(C)c2c1=O. The molecule has 0 fully saturated rings. The van der Waals surface area contributed by atoms with Gasteiger partial charge in [-0.15, -0.1) is 11.3 Å². The first-order valence-corrected chi connectivity index (χ1v) is 8.78. The maximum absolute atomic E-state index is 12.6. The van der Waals surface area contributed by atoms with Crippen molar-refractivity contribution >= 4 is 33.4 Å². The number of hydrazine groups is 1. The van der Waals surface area contributed by atoms with Crippen LogP contribution in [0.25, 0.3) is 10.2 Å². The fraction of sp³-hybridized carbons (Fsp3) is 0.294. The number of rotatable bonds is 4. The van der Waals surface area contributed by atoms with Gasteiger partial charge < -0.3 is 4.42 Å². The van der Waals surface area contributed by atoms with E-state index >= 15 is 0 Å². The Labute approximate surface area is 152 Å². The predicted molar refractivity (Wildman–Crippen MR) is 97.0 cm³/mol. The van der Waals surface area contributed by atoms with Gasteiger partial charge in [0.1, 0.15) is 10.6 Å². The minimum absolute atomic E-state index is 0.0277. The van der Waals surface area contributed by atoms with Crippen molar-refractivity contribution in [1.82, 2.24) is 20.4 Å². The summed E-state index contributed by atoms with van der Waals surface area (Å²) in [6.07, 6.45) is 2.87. The van der Waals surface area contributed by atoms with Gasteiger partial charge in [-0.1, -0.05) is 0 Å². The zero-order chi connectivity index (χ0) is 18.8. The zero-order valence-electron chi connectivity index (χ0n) is 14.6. The highest BCUT2D eigenvalue weighted by Crippen LogP contribution is 2.25. The van der Waals surface area contributed by atoms with Crippen LogP contribution in [0.1, 0.15) is 33.0 Å². The number of aryl methyl sites for hydroxylation is 4. The van der Waals surface area contributed by atoms with Gasteiger partial charge in [-0.3, -0.25) is 29.8 Å². The Morgan fingerprint density at radius 2 is 2.04 bits per heavy atom. The largest absolute Gasteiger partial charge is 0.469 e. The van der Waals surface area contributed by atoms with E-state index in [0.717, 1.165) is 10.4 Å². The molecular weight excluding hydrogens is 356 g/mol. The van der Waals surface area contributed by atoms with Gasteiger partial charge in [0.25, 0.3) is 11.5 Å². The summed E-state index contributed by atoms with van der Waals surface area (Å²) in [5.74, 6) is -0.414. The number of hydrogen-bond donors (Lipinski definition) is 2. The van der Waals surface area contributed by atoms with Crippen molar-refractivity contribution in [1.29, 1.82) is 0 Å². The van der Waals surface area contributed by atoms with Gasteiger partial charge in [0.15, 0.2) is 0 Å². The number of amides is 2. The van der Waals surface area contributed by atoms with Gasteiger partial charge in [0.05, 0.1) is 23.5 Å². The van der Waals surface area contributed by atoms with Gasteiger partial charge >= 0.3 is 0 Å². The van der Waals surface area contributed by atoms with Gasteiger partial charge in [-0.05, 0) is 32.4 Å². The highest BCUT2D eigenvalue weighted by molar-refractivity contribution is 7.18. The lowest BCUT2D eigenvalue weighted by molar-refractivity contribution is -0.122. The summed E-state index contributed by atoms with van der Waals surface area (Å²) in [5, 5.41) is 0.596. The summed E-state index contributed by atoms with van der Waals surface area (Å²) in [6, 6.07) is 1.52. The van der Waals surface area contributed by atoms with E-state index in [1.165, 1.54) is 34.6 Å². The third-order valence-corrected chi connectivity index (χ3v) is 5.27. The molecule has 3 aromatic heterocycles. The lowest BCUT2D eigenvalue weighted by Crippen LogP contribution is -2.42. The highest BCUT2D eigenvalue weighted by atomic mass is 32.1. The average molecular weight is 374 g/mol. The number of nitrogens with one attached hydrogen (secondary N) is 2. The summed E-state index contributed by atoms with van der Waals surface area (Å²) < 4.78 is 6.45. The first-order valence-electron chi connectivity index (χ1n) is 7.97. The predicted octanol–water partition coefficient (Wildman–Crippen LogP) is 1.83. The summed E-state index contributed by atoms with van der Waals surface area (Å²) in [7, 11) is 0. The Morgan fingerprint density at radius 3 is 2.73 bits per heavy atom. The Kier molecular flexibility index (Phi) is 4.90. The quantitative estimate of drug-likeness (QED) is 0.678. The number of carbonyl (C=O) groups excluding carboxylic acids is 2. The smallest absolute Gasteiger partial charge is 0.273 e. The number of furan rings is 1. The molecule has 2 amide bonds. The molecule has 0 aliphatic heterocycles. The number of fused-ring (bicyclic) bond motifs is 1. The summed E-state index contributed by atoms with van der Waals surface area (Å²) in [5.41, 5.74) is 5.75. The van der Waals surface area contributed by atoms with Crippen LogP contribution in [0.3, 0.4) is 0 Å². The zero-order valence-corrected chi connectivity index (χ0v) is 15.4. The first kappa shape index (κ1) is 17.9. The van der Waals surface area contributed by atoms with Gasteiger partial charge in [-0.2, -0.15) is 0 Å². The molecule has 0 aliphatic carbocycles. The second-order valence-electron chi connectivity index (χ2n) is 5.85. The second-order valence-corrected chi connectivity index (χ2v) is 7.05. The van der Waals surface area contributed by atoms with Crippen molar-refractivity contribution in [2.24, 2.45) is 0 Å². The van der Waals surface area contributed by atoms with E-state index in [0.29, 0.717) is 21.5 Å². The van der Waals surface area contributed by atoms with Crippen LogP contribution in [0.15, 0.2) is 27.9 Å². The van der Waals surface area contributed by atoms with E-state index in [1.807, 2.05) is 13.8 Å². The normalized spacial score (nSPS) is 10.9. The fourth-order valence-electron chi connectivity index (χ4n) is 2.53. The van der Waals surface area contributed by atoms with Crippen LogP contribution in [0.5, 0.6) is 0 Å². The van der Waals surface area contributed by atoms with Crippen LogP contribution in [-0.2, 0) is 11.3 Å². The van der Waals surface area contributed by atoms with E-state index in [9.17, 15) is 14.4 Å². The topological polar surface area (TPSA) is 106 Å². The molecule has 0 unspecified atom stereocenters. The van der Waals surface area contributed by atoms with Crippen LogP contribution < -0.4 is 16.4 Å². The van der Waals surface area contributed by atoms with Crippen molar-refractivity contribution in [2.75, 3.05) is 0 Å². The maximum Gasteiger partial charge on any atom is 0.273 e. The lowest BCUT2D eigenvalue weighted by atomic mass is 10.2. The standard InChI is InChI=1S/C17H18N4O4S/c1-9-11(3)26-16-14(9)17(24)21(8-18-16)6-4-13(22)19-20-15(23)12-5-7-25-10(12)2/h5,7-8H,4,6H2,1-3H3,(H,19,22)(H,20,23). The second kappa shape index (κ2) is 7.12. The maximum atomic E-state index is 12.6. The van der Waals surface area contributed by atoms with Gasteiger partial charge in [0, 0.05) is 17.8 Å². The third kappa shape index (κ3) is 3.38. The Morgan fingerprint density at radius 1 is 1.27 bits per heavy atom. The molecule has 0 spiro atoms. The molecule has 0 aliphatic rings. The minimum atomic E-state index is -0.464. The van der Waals surface area contributed by atoms with Crippen molar-refractivity contribution in [2.45, 2.75) is 33.7 Å². The molecule has 0 atom stereocenters. The number of aromatic nitrogens is 2. The molecular formula is C17H18N4O4S. The van der Waals surface area contributed by atoms with E-state index in [2.05, 4.69) is 15.8 Å². The first-order chi connectivity index (χ1) is 12.4. The molecule has 0 aromatic carbocycles. The summed E-state index contributed by atoms with van der Waals surface area (Å²) >= 11 is 1.48. The Bertz CT molecular complexity index is 1050. The summed E-state index contributed by atoms with van der Waals surface area (Å²) in [4.78, 5) is 42.4.